The predicted octanol–water partition coefficient (Wildman–Crippen LogP) is 1.02. The van der Waals surface area contributed by atoms with Crippen LogP contribution in [0.2, 0.25) is 0 Å². The molecule has 0 aromatic heterocycles. The lowest BCUT2D eigenvalue weighted by molar-refractivity contribution is -0.00766. The molecule has 2 nitrogen and oxygen atoms in total. The number of aliphatic hydroxyl groups excluding tert-OH is 1. The minimum atomic E-state index is -0.312. The van der Waals surface area contributed by atoms with Crippen LogP contribution >= 0.6 is 0 Å². The Balaban J connectivity index is 2.03. The van der Waals surface area contributed by atoms with Gasteiger partial charge in [-0.15, -0.1) is 6.58 Å². The molecule has 2 heteroatoms. The second-order valence-electron chi connectivity index (χ2n) is 4.01. The molecule has 68 valence electrons. The van der Waals surface area contributed by atoms with Gasteiger partial charge in [0.05, 0.1) is 6.10 Å². The van der Waals surface area contributed by atoms with E-state index < -0.39 is 0 Å². The van der Waals surface area contributed by atoms with Gasteiger partial charge < -0.3 is 5.11 Å². The molecule has 3 fully saturated rings. The van der Waals surface area contributed by atoms with Crippen LogP contribution in [0.25, 0.3) is 0 Å². The summed E-state index contributed by atoms with van der Waals surface area (Å²) < 4.78 is 0. The van der Waals surface area contributed by atoms with Crippen molar-refractivity contribution in [2.45, 2.75) is 31.4 Å². The minimum absolute atomic E-state index is 0.312. The maximum Gasteiger partial charge on any atom is 0.0873 e. The third-order valence-corrected chi connectivity index (χ3v) is 3.33. The van der Waals surface area contributed by atoms with Gasteiger partial charge in [0.25, 0.3) is 0 Å². The second-order valence-corrected chi connectivity index (χ2v) is 4.01. The summed E-state index contributed by atoms with van der Waals surface area (Å²) in [5.41, 5.74) is 0. The predicted molar refractivity (Wildman–Crippen MR) is 48.9 cm³/mol. The van der Waals surface area contributed by atoms with E-state index in [1.54, 1.807) is 6.08 Å². The van der Waals surface area contributed by atoms with Gasteiger partial charge >= 0.3 is 0 Å². The van der Waals surface area contributed by atoms with E-state index >= 15 is 0 Å². The average molecular weight is 167 g/mol. The van der Waals surface area contributed by atoms with Gasteiger partial charge in [-0.25, -0.2) is 0 Å². The number of hydrogen-bond acceptors (Lipinski definition) is 2. The molecular weight excluding hydrogens is 150 g/mol. The zero-order valence-electron chi connectivity index (χ0n) is 7.45. The van der Waals surface area contributed by atoms with E-state index in [0.717, 1.165) is 5.92 Å². The standard InChI is InChI=1S/C10H17NO/c1-2-10(12)9-7-8-3-5-11(9)6-4-8/h2,8-10,12H,1,3-7H2. The lowest BCUT2D eigenvalue weighted by atomic mass is 9.81. The molecule has 0 aromatic carbocycles. The summed E-state index contributed by atoms with van der Waals surface area (Å²) in [6.07, 6.45) is 5.20. The number of hydrogen-bond donors (Lipinski definition) is 1. The van der Waals surface area contributed by atoms with Gasteiger partial charge in [-0.05, 0) is 38.3 Å². The van der Waals surface area contributed by atoms with Crippen molar-refractivity contribution in [2.75, 3.05) is 13.1 Å². The minimum Gasteiger partial charge on any atom is -0.387 e. The molecule has 2 unspecified atom stereocenters. The molecule has 3 saturated heterocycles. The van der Waals surface area contributed by atoms with Gasteiger partial charge in [-0.1, -0.05) is 6.08 Å². The van der Waals surface area contributed by atoms with Crippen LogP contribution in [0.15, 0.2) is 12.7 Å². The van der Waals surface area contributed by atoms with Crippen LogP contribution in [0.1, 0.15) is 19.3 Å². The van der Waals surface area contributed by atoms with Crippen LogP contribution in [0, 0.1) is 5.92 Å². The van der Waals surface area contributed by atoms with E-state index in [1.807, 2.05) is 0 Å². The molecule has 3 rings (SSSR count). The molecule has 2 atom stereocenters. The fraction of sp³-hybridized carbons (Fsp3) is 0.800. The summed E-state index contributed by atoms with van der Waals surface area (Å²) in [5, 5.41) is 9.65. The van der Waals surface area contributed by atoms with Crippen molar-refractivity contribution in [1.82, 2.24) is 4.90 Å². The van der Waals surface area contributed by atoms with Crippen molar-refractivity contribution >= 4 is 0 Å². The highest BCUT2D eigenvalue weighted by Gasteiger charge is 2.36. The molecule has 3 heterocycles. The molecular formula is C10H17NO. The Morgan fingerprint density at radius 3 is 2.50 bits per heavy atom. The van der Waals surface area contributed by atoms with E-state index in [2.05, 4.69) is 11.5 Å². The summed E-state index contributed by atoms with van der Waals surface area (Å²) in [6.45, 7) is 6.00. The van der Waals surface area contributed by atoms with E-state index in [0.29, 0.717) is 6.04 Å². The first kappa shape index (κ1) is 8.27. The number of nitrogens with zero attached hydrogens (tertiary/aromatic N) is 1. The molecule has 0 spiro atoms. The highest BCUT2D eigenvalue weighted by molar-refractivity contribution is 4.97. The van der Waals surface area contributed by atoms with E-state index in [9.17, 15) is 5.11 Å². The van der Waals surface area contributed by atoms with Gasteiger partial charge in [-0.2, -0.15) is 0 Å². The average Bonchev–Trinajstić information content (AvgIpc) is 2.18. The molecule has 3 aliphatic rings. The van der Waals surface area contributed by atoms with E-state index in [-0.39, 0.29) is 6.10 Å². The summed E-state index contributed by atoms with van der Waals surface area (Å²) in [7, 11) is 0. The van der Waals surface area contributed by atoms with E-state index in [1.165, 1.54) is 32.4 Å². The first-order chi connectivity index (χ1) is 5.81. The summed E-state index contributed by atoms with van der Waals surface area (Å²) >= 11 is 0. The normalized spacial score (nSPS) is 42.6. The fourth-order valence-electron chi connectivity index (χ4n) is 2.52. The molecule has 2 bridgehead atoms. The Hall–Kier alpha value is -0.340. The van der Waals surface area contributed by atoms with E-state index in [4.69, 9.17) is 0 Å². The first-order valence-corrected chi connectivity index (χ1v) is 4.86. The van der Waals surface area contributed by atoms with Gasteiger partial charge in [0, 0.05) is 6.04 Å². The second kappa shape index (κ2) is 3.19. The molecule has 0 aliphatic carbocycles. The van der Waals surface area contributed by atoms with Gasteiger partial charge in [0.15, 0.2) is 0 Å². The molecule has 0 aromatic rings. The highest BCUT2D eigenvalue weighted by Crippen LogP contribution is 2.33. The number of fused-ring (bicyclic) bond motifs is 3. The van der Waals surface area contributed by atoms with Crippen molar-refractivity contribution in [1.29, 1.82) is 0 Å². The molecule has 12 heavy (non-hydrogen) atoms. The maximum atomic E-state index is 9.65. The van der Waals surface area contributed by atoms with Crippen LogP contribution in [0.5, 0.6) is 0 Å². The van der Waals surface area contributed by atoms with Crippen LogP contribution < -0.4 is 0 Å². The number of aliphatic hydroxyl groups is 1. The Morgan fingerprint density at radius 1 is 1.42 bits per heavy atom. The molecule has 0 amide bonds. The monoisotopic (exact) mass is 167 g/mol. The van der Waals surface area contributed by atoms with Gasteiger partial charge in [0.2, 0.25) is 0 Å². The van der Waals surface area contributed by atoms with Crippen LogP contribution in [0.3, 0.4) is 0 Å². The maximum absolute atomic E-state index is 9.65. The number of piperidine rings is 3. The Morgan fingerprint density at radius 2 is 2.08 bits per heavy atom. The van der Waals surface area contributed by atoms with Crippen LogP contribution in [-0.4, -0.2) is 35.2 Å². The quantitative estimate of drug-likeness (QED) is 0.621. The third-order valence-electron chi connectivity index (χ3n) is 3.33. The number of rotatable bonds is 2. The Labute approximate surface area is 73.9 Å². The highest BCUT2D eigenvalue weighted by atomic mass is 16.3. The molecule has 3 aliphatic heterocycles. The van der Waals surface area contributed by atoms with Crippen molar-refractivity contribution in [2.24, 2.45) is 5.92 Å². The zero-order valence-corrected chi connectivity index (χ0v) is 7.45. The molecule has 1 N–H and O–H groups in total. The van der Waals surface area contributed by atoms with Gasteiger partial charge in [-0.3, -0.25) is 4.90 Å². The zero-order chi connectivity index (χ0) is 8.55. The topological polar surface area (TPSA) is 23.5 Å². The largest absolute Gasteiger partial charge is 0.387 e. The smallest absolute Gasteiger partial charge is 0.0873 e. The Kier molecular flexibility index (Phi) is 2.20. The summed E-state index contributed by atoms with van der Waals surface area (Å²) in [5.74, 6) is 0.870. The van der Waals surface area contributed by atoms with Crippen molar-refractivity contribution in [3.8, 4) is 0 Å². The lowest BCUT2D eigenvalue weighted by Gasteiger charge is -2.46. The van der Waals surface area contributed by atoms with Crippen molar-refractivity contribution in [3.63, 3.8) is 0 Å². The summed E-state index contributed by atoms with van der Waals surface area (Å²) in [6, 6.07) is 0.370. The summed E-state index contributed by atoms with van der Waals surface area (Å²) in [4.78, 5) is 2.41. The van der Waals surface area contributed by atoms with Crippen LogP contribution in [0.4, 0.5) is 0 Å². The third kappa shape index (κ3) is 1.29. The Bertz CT molecular complexity index is 173. The molecule has 0 radical (unpaired) electrons. The van der Waals surface area contributed by atoms with Crippen molar-refractivity contribution < 1.29 is 5.11 Å². The SMILES string of the molecule is C=CC(O)C1CC2CCN1CC2. The molecule has 0 saturated carbocycles. The van der Waals surface area contributed by atoms with Crippen LogP contribution in [-0.2, 0) is 0 Å². The van der Waals surface area contributed by atoms with Crippen molar-refractivity contribution in [3.05, 3.63) is 12.7 Å². The lowest BCUT2D eigenvalue weighted by Crippen LogP contribution is -2.53. The fourth-order valence-corrected chi connectivity index (χ4v) is 2.52. The first-order valence-electron chi connectivity index (χ1n) is 4.86. The van der Waals surface area contributed by atoms with Gasteiger partial charge in [0.1, 0.15) is 0 Å².